The number of hydrogen-bond acceptors (Lipinski definition) is 3. The third kappa shape index (κ3) is 2.81. The van der Waals surface area contributed by atoms with E-state index < -0.39 is 0 Å². The van der Waals surface area contributed by atoms with Crippen LogP contribution in [0.25, 0.3) is 0 Å². The van der Waals surface area contributed by atoms with Crippen molar-refractivity contribution in [3.63, 3.8) is 0 Å². The molecule has 4 atom stereocenters. The molecule has 1 aromatic heterocycles. The van der Waals surface area contributed by atoms with Gasteiger partial charge < -0.3 is 4.52 Å². The molecule has 0 spiro atoms. The molecule has 2 aliphatic rings. The molecule has 0 aliphatic carbocycles. The second kappa shape index (κ2) is 6.29. The first-order valence-electron chi connectivity index (χ1n) is 8.35. The Bertz CT molecular complexity index is 666. The summed E-state index contributed by atoms with van der Waals surface area (Å²) in [6.45, 7) is 4.16. The lowest BCUT2D eigenvalue weighted by Gasteiger charge is -2.42. The number of aromatic nitrogens is 1. The van der Waals surface area contributed by atoms with Crippen LogP contribution in [0.1, 0.15) is 53.7 Å². The molecule has 2 saturated heterocycles. The molecule has 124 valence electrons. The number of benzene rings is 1. The maximum atomic E-state index is 5.70. The molecule has 4 heteroatoms. The van der Waals surface area contributed by atoms with Gasteiger partial charge in [-0.15, -0.1) is 12.4 Å². The number of aryl methyl sites for hydroxylation is 2. The van der Waals surface area contributed by atoms with Gasteiger partial charge in [0.2, 0.25) is 0 Å². The summed E-state index contributed by atoms with van der Waals surface area (Å²) in [7, 11) is 2.28. The molecule has 2 aromatic rings. The van der Waals surface area contributed by atoms with Gasteiger partial charge >= 0.3 is 0 Å². The van der Waals surface area contributed by atoms with Gasteiger partial charge in [0, 0.05) is 24.1 Å². The first-order valence-corrected chi connectivity index (χ1v) is 8.35. The number of nitrogens with zero attached hydrogens (tertiary/aromatic N) is 2. The van der Waals surface area contributed by atoms with Crippen LogP contribution in [0.5, 0.6) is 0 Å². The quantitative estimate of drug-likeness (QED) is 0.813. The summed E-state index contributed by atoms with van der Waals surface area (Å²) < 4.78 is 5.70. The Morgan fingerprint density at radius 3 is 2.52 bits per heavy atom. The zero-order valence-electron chi connectivity index (χ0n) is 14.0. The molecule has 0 N–H and O–H groups in total. The lowest BCUT2D eigenvalue weighted by atomic mass is 9.75. The highest BCUT2D eigenvalue weighted by molar-refractivity contribution is 5.85. The Kier molecular flexibility index (Phi) is 4.52. The van der Waals surface area contributed by atoms with Gasteiger partial charge in [-0.25, -0.2) is 0 Å². The molecule has 2 aliphatic heterocycles. The van der Waals surface area contributed by atoms with Gasteiger partial charge in [-0.05, 0) is 51.6 Å². The first kappa shape index (κ1) is 16.5. The lowest BCUT2D eigenvalue weighted by Crippen LogP contribution is -2.44. The first-order chi connectivity index (χ1) is 10.6. The average molecular weight is 333 g/mol. The predicted octanol–water partition coefficient (Wildman–Crippen LogP) is 4.45. The fourth-order valence-corrected chi connectivity index (χ4v) is 4.55. The van der Waals surface area contributed by atoms with Crippen LogP contribution >= 0.6 is 12.4 Å². The zero-order chi connectivity index (χ0) is 15.3. The van der Waals surface area contributed by atoms with Gasteiger partial charge in [0.05, 0.1) is 5.69 Å². The van der Waals surface area contributed by atoms with E-state index in [2.05, 4.69) is 54.4 Å². The van der Waals surface area contributed by atoms with Crippen molar-refractivity contribution >= 4 is 12.4 Å². The highest BCUT2D eigenvalue weighted by Gasteiger charge is 2.47. The molecule has 0 radical (unpaired) electrons. The van der Waals surface area contributed by atoms with Gasteiger partial charge in [-0.2, -0.15) is 0 Å². The predicted molar refractivity (Wildman–Crippen MR) is 94.3 cm³/mol. The van der Waals surface area contributed by atoms with E-state index in [4.69, 9.17) is 4.52 Å². The molecule has 4 rings (SSSR count). The molecule has 2 fully saturated rings. The number of halogens is 1. The van der Waals surface area contributed by atoms with Crippen LogP contribution in [0.4, 0.5) is 0 Å². The molecule has 3 heterocycles. The number of fused-ring (bicyclic) bond motifs is 2. The minimum Gasteiger partial charge on any atom is -0.361 e. The molecule has 0 saturated carbocycles. The minimum absolute atomic E-state index is 0. The van der Waals surface area contributed by atoms with E-state index in [1.807, 2.05) is 6.92 Å². The van der Waals surface area contributed by atoms with Crippen LogP contribution in [0.2, 0.25) is 0 Å². The Hall–Kier alpha value is -1.32. The Balaban J connectivity index is 0.00000156. The number of hydrogen-bond donors (Lipinski definition) is 0. The largest absolute Gasteiger partial charge is 0.361 e. The number of piperidine rings is 1. The summed E-state index contributed by atoms with van der Waals surface area (Å²) in [6, 6.07) is 12.5. The summed E-state index contributed by atoms with van der Waals surface area (Å²) in [5, 5.41) is 4.15. The number of rotatable bonds is 2. The van der Waals surface area contributed by atoms with E-state index in [1.165, 1.54) is 30.4 Å². The highest BCUT2D eigenvalue weighted by Crippen LogP contribution is 2.50. The van der Waals surface area contributed by atoms with Crippen LogP contribution in [0.15, 0.2) is 34.9 Å². The average Bonchev–Trinajstić information content (AvgIpc) is 3.02. The molecule has 3 nitrogen and oxygen atoms in total. The van der Waals surface area contributed by atoms with E-state index in [0.29, 0.717) is 17.9 Å². The fourth-order valence-electron chi connectivity index (χ4n) is 4.55. The molecular formula is C19H25ClN2O. The molecule has 23 heavy (non-hydrogen) atoms. The summed E-state index contributed by atoms with van der Waals surface area (Å²) in [5.74, 6) is 2.04. The minimum atomic E-state index is 0. The van der Waals surface area contributed by atoms with Crippen molar-refractivity contribution in [2.75, 3.05) is 7.05 Å². The maximum Gasteiger partial charge on any atom is 0.142 e. The van der Waals surface area contributed by atoms with Gasteiger partial charge in [-0.3, -0.25) is 4.90 Å². The van der Waals surface area contributed by atoms with Crippen molar-refractivity contribution in [2.24, 2.45) is 0 Å². The molecule has 2 bridgehead atoms. The van der Waals surface area contributed by atoms with E-state index in [-0.39, 0.29) is 12.4 Å². The second-order valence-electron chi connectivity index (χ2n) is 7.11. The van der Waals surface area contributed by atoms with Crippen LogP contribution in [0, 0.1) is 13.8 Å². The van der Waals surface area contributed by atoms with Crippen molar-refractivity contribution in [3.8, 4) is 0 Å². The van der Waals surface area contributed by atoms with Crippen LogP contribution < -0.4 is 0 Å². The lowest BCUT2D eigenvalue weighted by molar-refractivity contribution is 0.122. The SMILES string of the molecule is Cc1ccc([C@H]2C[C@H]3CCC(C2c2cc(C)no2)N3C)cc1.Cl. The standard InChI is InChI=1S/C19H24N2O.ClH/c1-12-4-6-14(7-5-12)16-11-15-8-9-17(21(15)3)19(16)18-10-13(2)20-22-18;/h4-7,10,15-17,19H,8-9,11H2,1-3H3;1H/t15-,16-,17?,19?;/m1./s1. The smallest absolute Gasteiger partial charge is 0.142 e. The van der Waals surface area contributed by atoms with E-state index in [9.17, 15) is 0 Å². The van der Waals surface area contributed by atoms with E-state index in [1.54, 1.807) is 0 Å². The maximum absolute atomic E-state index is 5.70. The summed E-state index contributed by atoms with van der Waals surface area (Å²) in [4.78, 5) is 2.58. The van der Waals surface area contributed by atoms with E-state index >= 15 is 0 Å². The van der Waals surface area contributed by atoms with Crippen LogP contribution in [-0.2, 0) is 0 Å². The molecule has 2 unspecified atom stereocenters. The second-order valence-corrected chi connectivity index (χ2v) is 7.11. The van der Waals surface area contributed by atoms with Crippen molar-refractivity contribution in [1.29, 1.82) is 0 Å². The third-order valence-corrected chi connectivity index (χ3v) is 5.75. The number of likely N-dealkylation sites (N-methyl/N-ethyl adjacent to an activating group) is 1. The fraction of sp³-hybridized carbons (Fsp3) is 0.526. The van der Waals surface area contributed by atoms with Crippen molar-refractivity contribution in [2.45, 2.75) is 57.0 Å². The van der Waals surface area contributed by atoms with Gasteiger partial charge in [0.25, 0.3) is 0 Å². The Labute approximate surface area is 144 Å². The Morgan fingerprint density at radius 2 is 1.87 bits per heavy atom. The van der Waals surface area contributed by atoms with Crippen molar-refractivity contribution < 1.29 is 4.52 Å². The summed E-state index contributed by atoms with van der Waals surface area (Å²) in [6.07, 6.45) is 3.81. The Morgan fingerprint density at radius 1 is 1.13 bits per heavy atom. The normalized spacial score (nSPS) is 30.2. The molecule has 0 amide bonds. The highest BCUT2D eigenvalue weighted by atomic mass is 35.5. The third-order valence-electron chi connectivity index (χ3n) is 5.75. The van der Waals surface area contributed by atoms with Crippen LogP contribution in [-0.4, -0.2) is 29.2 Å². The van der Waals surface area contributed by atoms with Gasteiger partial charge in [-0.1, -0.05) is 35.0 Å². The van der Waals surface area contributed by atoms with Crippen molar-refractivity contribution in [1.82, 2.24) is 10.1 Å². The van der Waals surface area contributed by atoms with Gasteiger partial charge in [0.1, 0.15) is 5.76 Å². The molecule has 1 aromatic carbocycles. The summed E-state index contributed by atoms with van der Waals surface area (Å²) in [5.41, 5.74) is 3.77. The van der Waals surface area contributed by atoms with Crippen molar-refractivity contribution in [3.05, 3.63) is 52.9 Å². The molecular weight excluding hydrogens is 308 g/mol. The topological polar surface area (TPSA) is 29.3 Å². The van der Waals surface area contributed by atoms with Gasteiger partial charge in [0.15, 0.2) is 0 Å². The van der Waals surface area contributed by atoms with E-state index in [0.717, 1.165) is 17.5 Å². The zero-order valence-corrected chi connectivity index (χ0v) is 14.8. The summed E-state index contributed by atoms with van der Waals surface area (Å²) >= 11 is 0. The van der Waals surface area contributed by atoms with Crippen LogP contribution in [0.3, 0.4) is 0 Å². The monoisotopic (exact) mass is 332 g/mol.